The van der Waals surface area contributed by atoms with Gasteiger partial charge in [0.15, 0.2) is 5.69 Å². The molecule has 10 heteroatoms. The number of nitrogens with one attached hydrogen (secondary N) is 2. The highest BCUT2D eigenvalue weighted by atomic mass is 35.5. The molecule has 0 saturated carbocycles. The number of aromatic nitrogens is 2. The van der Waals surface area contributed by atoms with Gasteiger partial charge in [-0.25, -0.2) is 4.98 Å². The first-order valence-electron chi connectivity index (χ1n) is 12.9. The van der Waals surface area contributed by atoms with Gasteiger partial charge in [-0.2, -0.15) is 0 Å². The summed E-state index contributed by atoms with van der Waals surface area (Å²) in [5.74, 6) is -0.0135. The van der Waals surface area contributed by atoms with E-state index < -0.39 is 5.54 Å². The van der Waals surface area contributed by atoms with Crippen molar-refractivity contribution in [2.75, 3.05) is 19.6 Å². The van der Waals surface area contributed by atoms with Crippen LogP contribution in [-0.2, 0) is 11.3 Å². The van der Waals surface area contributed by atoms with E-state index >= 15 is 0 Å². The van der Waals surface area contributed by atoms with Gasteiger partial charge in [-0.1, -0.05) is 56.1 Å². The smallest absolute Gasteiger partial charge is 0.274 e. The van der Waals surface area contributed by atoms with Crippen LogP contribution in [0.1, 0.15) is 49.8 Å². The van der Waals surface area contributed by atoms with Crippen LogP contribution in [0.15, 0.2) is 48.5 Å². The third-order valence-electron chi connectivity index (χ3n) is 6.94. The lowest BCUT2D eigenvalue weighted by Crippen LogP contribution is -2.61. The molecule has 2 amide bonds. The highest BCUT2D eigenvalue weighted by Gasteiger charge is 2.41. The number of nitrogens with two attached hydrogens (primary N) is 1. The first kappa shape index (κ1) is 28.1. The Hall–Kier alpha value is -2.91. The van der Waals surface area contributed by atoms with Gasteiger partial charge >= 0.3 is 0 Å². The van der Waals surface area contributed by atoms with Gasteiger partial charge in [0.1, 0.15) is 11.4 Å². The zero-order chi connectivity index (χ0) is 27.4. The van der Waals surface area contributed by atoms with Crippen LogP contribution in [0.4, 0.5) is 0 Å². The zero-order valence-corrected chi connectivity index (χ0v) is 23.4. The van der Waals surface area contributed by atoms with E-state index in [1.807, 2.05) is 67.8 Å². The molecule has 202 valence electrons. The molecule has 0 unspecified atom stereocenters. The maximum Gasteiger partial charge on any atom is 0.274 e. The van der Waals surface area contributed by atoms with Crippen molar-refractivity contribution in [3.05, 3.63) is 70.0 Å². The summed E-state index contributed by atoms with van der Waals surface area (Å²) >= 11 is 12.8. The molecule has 1 fully saturated rings. The third-order valence-corrected chi connectivity index (χ3v) is 7.53. The molecule has 8 nitrogen and oxygen atoms in total. The second kappa shape index (κ2) is 11.9. The lowest BCUT2D eigenvalue weighted by Gasteiger charge is -2.40. The van der Waals surface area contributed by atoms with Crippen LogP contribution in [-0.4, -0.2) is 57.5 Å². The van der Waals surface area contributed by atoms with E-state index in [1.54, 1.807) is 11.0 Å². The zero-order valence-electron chi connectivity index (χ0n) is 21.9. The number of benzene rings is 2. The van der Waals surface area contributed by atoms with Crippen molar-refractivity contribution < 1.29 is 9.59 Å². The molecule has 4 rings (SSSR count). The molecule has 1 aliphatic rings. The summed E-state index contributed by atoms with van der Waals surface area (Å²) in [6, 6.07) is 15.0. The van der Waals surface area contributed by atoms with Gasteiger partial charge in [0.25, 0.3) is 5.91 Å². The number of rotatable bonds is 9. The van der Waals surface area contributed by atoms with Gasteiger partial charge in [0.2, 0.25) is 5.91 Å². The predicted molar refractivity (Wildman–Crippen MR) is 152 cm³/mol. The molecule has 1 aromatic heterocycles. The highest BCUT2D eigenvalue weighted by Crippen LogP contribution is 2.33. The summed E-state index contributed by atoms with van der Waals surface area (Å²) in [6.07, 6.45) is 0.882. The van der Waals surface area contributed by atoms with Crippen LogP contribution in [0.2, 0.25) is 10.0 Å². The summed E-state index contributed by atoms with van der Waals surface area (Å²) in [5, 5.41) is 7.83. The number of imidazole rings is 1. The predicted octanol–water partition coefficient (Wildman–Crippen LogP) is 4.41. The van der Waals surface area contributed by atoms with Crippen molar-refractivity contribution in [1.29, 1.82) is 0 Å². The Morgan fingerprint density at radius 1 is 1.08 bits per heavy atom. The first-order chi connectivity index (χ1) is 18.2. The number of halogens is 2. The quantitative estimate of drug-likeness (QED) is 0.362. The fourth-order valence-corrected chi connectivity index (χ4v) is 5.22. The Morgan fingerprint density at radius 3 is 2.32 bits per heavy atom. The van der Waals surface area contributed by atoms with E-state index in [2.05, 4.69) is 10.6 Å². The Bertz CT molecular complexity index is 1300. The maximum absolute atomic E-state index is 14.0. The number of likely N-dealkylation sites (tertiary alicyclic amines) is 1. The molecule has 0 bridgehead atoms. The fourth-order valence-electron chi connectivity index (χ4n) is 4.87. The second-order valence-corrected chi connectivity index (χ2v) is 10.7. The molecule has 0 atom stereocenters. The fraction of sp³-hybridized carbons (Fsp3) is 0.393. The number of carbonyl (C=O) groups is 2. The van der Waals surface area contributed by atoms with Crippen molar-refractivity contribution in [1.82, 2.24) is 25.1 Å². The van der Waals surface area contributed by atoms with E-state index in [0.29, 0.717) is 66.1 Å². The topological polar surface area (TPSA) is 105 Å². The molecule has 2 aromatic carbocycles. The Kier molecular flexibility index (Phi) is 8.78. The number of carbonyl (C=O) groups excluding carboxylic acids is 2. The van der Waals surface area contributed by atoms with Gasteiger partial charge in [-0.05, 0) is 55.8 Å². The van der Waals surface area contributed by atoms with Crippen LogP contribution in [0, 0.1) is 0 Å². The minimum atomic E-state index is -0.807. The SMILES string of the molecule is CCNC1(C(N)=O)CCN(C(=O)c2nc(-c3ccccc3Cl)n(-c3ccc(Cl)cc3)c2CNC(C)C)CC1. The molecule has 2 heterocycles. The Labute approximate surface area is 233 Å². The van der Waals surface area contributed by atoms with E-state index in [4.69, 9.17) is 33.9 Å². The molecule has 0 aliphatic carbocycles. The summed E-state index contributed by atoms with van der Waals surface area (Å²) in [5.41, 5.74) is 7.53. The second-order valence-electron chi connectivity index (χ2n) is 9.83. The normalized spacial score (nSPS) is 15.2. The van der Waals surface area contributed by atoms with E-state index in [-0.39, 0.29) is 17.9 Å². The van der Waals surface area contributed by atoms with Gasteiger partial charge < -0.3 is 21.3 Å². The van der Waals surface area contributed by atoms with Crippen molar-refractivity contribution in [2.24, 2.45) is 5.73 Å². The molecular weight excluding hydrogens is 523 g/mol. The minimum absolute atomic E-state index is 0.182. The van der Waals surface area contributed by atoms with Crippen molar-refractivity contribution in [3.8, 4) is 17.1 Å². The average Bonchev–Trinajstić information content (AvgIpc) is 3.27. The van der Waals surface area contributed by atoms with E-state index in [1.165, 1.54) is 0 Å². The van der Waals surface area contributed by atoms with E-state index in [0.717, 1.165) is 11.4 Å². The maximum atomic E-state index is 14.0. The molecule has 1 aliphatic heterocycles. The Morgan fingerprint density at radius 2 is 1.74 bits per heavy atom. The molecule has 38 heavy (non-hydrogen) atoms. The summed E-state index contributed by atoms with van der Waals surface area (Å²) in [7, 11) is 0. The summed E-state index contributed by atoms with van der Waals surface area (Å²) in [6.45, 7) is 7.85. The lowest BCUT2D eigenvalue weighted by atomic mass is 9.86. The molecule has 0 spiro atoms. The van der Waals surface area contributed by atoms with Crippen molar-refractivity contribution in [3.63, 3.8) is 0 Å². The molecule has 3 aromatic rings. The number of amides is 2. The van der Waals surface area contributed by atoms with Crippen molar-refractivity contribution >= 4 is 35.0 Å². The highest BCUT2D eigenvalue weighted by molar-refractivity contribution is 6.33. The van der Waals surface area contributed by atoms with Gasteiger partial charge in [0, 0.05) is 41.9 Å². The largest absolute Gasteiger partial charge is 0.368 e. The van der Waals surface area contributed by atoms with Gasteiger partial charge in [-0.3, -0.25) is 14.2 Å². The summed E-state index contributed by atoms with van der Waals surface area (Å²) in [4.78, 5) is 32.9. The average molecular weight is 558 g/mol. The third kappa shape index (κ3) is 5.73. The number of likely N-dealkylation sites (N-methyl/N-ethyl adjacent to an activating group) is 1. The van der Waals surface area contributed by atoms with Crippen LogP contribution in [0.3, 0.4) is 0 Å². The molecular formula is C28H34Cl2N6O2. The lowest BCUT2D eigenvalue weighted by molar-refractivity contribution is -0.126. The first-order valence-corrected chi connectivity index (χ1v) is 13.6. The van der Waals surface area contributed by atoms with Crippen LogP contribution >= 0.6 is 23.2 Å². The standard InChI is InChI=1S/C28H34Cl2N6O2/c1-4-33-28(27(31)38)13-15-35(16-14-28)26(37)24-23(17-32-18(2)3)36(20-11-9-19(29)10-12-20)25(34-24)21-7-5-6-8-22(21)30/h5-12,18,32-33H,4,13-17H2,1-3H3,(H2,31,38). The van der Waals surface area contributed by atoms with E-state index in [9.17, 15) is 9.59 Å². The summed E-state index contributed by atoms with van der Waals surface area (Å²) < 4.78 is 1.97. The van der Waals surface area contributed by atoms with Crippen LogP contribution in [0.25, 0.3) is 17.1 Å². The monoisotopic (exact) mass is 556 g/mol. The Balaban J connectivity index is 1.81. The molecule has 0 radical (unpaired) electrons. The number of nitrogens with zero attached hydrogens (tertiary/aromatic N) is 3. The van der Waals surface area contributed by atoms with Crippen molar-refractivity contribution in [2.45, 2.75) is 51.7 Å². The number of hydrogen-bond acceptors (Lipinski definition) is 5. The van der Waals surface area contributed by atoms with Crippen LogP contribution in [0.5, 0.6) is 0 Å². The van der Waals surface area contributed by atoms with Gasteiger partial charge in [-0.15, -0.1) is 0 Å². The molecule has 1 saturated heterocycles. The van der Waals surface area contributed by atoms with Crippen LogP contribution < -0.4 is 16.4 Å². The number of hydrogen-bond donors (Lipinski definition) is 3. The number of piperidine rings is 1. The van der Waals surface area contributed by atoms with Gasteiger partial charge in [0.05, 0.1) is 10.7 Å². The number of primary amides is 1. The minimum Gasteiger partial charge on any atom is -0.368 e. The molecule has 4 N–H and O–H groups in total.